The Labute approximate surface area is 190 Å². The maximum atomic E-state index is 12.7. The van der Waals surface area contributed by atoms with Gasteiger partial charge in [0.25, 0.3) is 0 Å². The van der Waals surface area contributed by atoms with Gasteiger partial charge in [-0.1, -0.05) is 24.3 Å². The first-order valence-electron chi connectivity index (χ1n) is 11.2. The number of piperidine rings is 1. The van der Waals surface area contributed by atoms with Crippen LogP contribution in [0.15, 0.2) is 36.6 Å². The molecule has 1 aliphatic carbocycles. The molecular formula is C24H32N2O5S. The van der Waals surface area contributed by atoms with Gasteiger partial charge in [0.1, 0.15) is 22.2 Å². The van der Waals surface area contributed by atoms with Crippen molar-refractivity contribution in [2.75, 3.05) is 19.3 Å². The molecule has 0 saturated carbocycles. The Kier molecular flexibility index (Phi) is 5.86. The van der Waals surface area contributed by atoms with Crippen LogP contribution in [0.4, 0.5) is 4.79 Å². The van der Waals surface area contributed by atoms with Crippen LogP contribution in [0.3, 0.4) is 0 Å². The molecule has 1 saturated heterocycles. The third-order valence-corrected chi connectivity index (χ3v) is 8.33. The summed E-state index contributed by atoms with van der Waals surface area (Å²) in [6.07, 6.45) is 12.7. The van der Waals surface area contributed by atoms with Gasteiger partial charge in [0.15, 0.2) is 9.84 Å². The third-order valence-electron chi connectivity index (χ3n) is 6.49. The SMILES string of the molecule is CC(C)(C)OC(=O)N1CCC([C@H]2Cc3cc(C4(S(C)(=O)=O)C=CC=CC4)ncc3O2)CC1. The Bertz CT molecular complexity index is 1050. The number of hydrogen-bond donors (Lipinski definition) is 0. The van der Waals surface area contributed by atoms with Crippen molar-refractivity contribution in [1.29, 1.82) is 0 Å². The quantitative estimate of drug-likeness (QED) is 0.682. The molecule has 0 bridgehead atoms. The smallest absolute Gasteiger partial charge is 0.410 e. The van der Waals surface area contributed by atoms with Crippen LogP contribution in [-0.2, 0) is 25.7 Å². The van der Waals surface area contributed by atoms with Crippen LogP contribution in [-0.4, -0.2) is 55.4 Å². The Morgan fingerprint density at radius 3 is 2.56 bits per heavy atom. The molecule has 3 aliphatic rings. The van der Waals surface area contributed by atoms with Gasteiger partial charge >= 0.3 is 6.09 Å². The van der Waals surface area contributed by atoms with E-state index in [0.29, 0.717) is 31.1 Å². The van der Waals surface area contributed by atoms with Crippen molar-refractivity contribution in [3.05, 3.63) is 47.8 Å². The number of allylic oxidation sites excluding steroid dienone is 3. The first-order valence-corrected chi connectivity index (χ1v) is 13.1. The van der Waals surface area contributed by atoms with E-state index in [1.54, 1.807) is 23.2 Å². The lowest BCUT2D eigenvalue weighted by molar-refractivity contribution is 0.0123. The second kappa shape index (κ2) is 8.21. The summed E-state index contributed by atoms with van der Waals surface area (Å²) >= 11 is 0. The minimum Gasteiger partial charge on any atom is -0.488 e. The minimum atomic E-state index is -3.41. The maximum absolute atomic E-state index is 12.7. The third kappa shape index (κ3) is 4.42. The van der Waals surface area contributed by atoms with Crippen molar-refractivity contribution in [3.8, 4) is 5.75 Å². The monoisotopic (exact) mass is 460 g/mol. The van der Waals surface area contributed by atoms with Gasteiger partial charge in [-0.05, 0) is 52.0 Å². The molecule has 1 unspecified atom stereocenters. The highest BCUT2D eigenvalue weighted by molar-refractivity contribution is 7.91. The number of likely N-dealkylation sites (tertiary alicyclic amines) is 1. The fourth-order valence-electron chi connectivity index (χ4n) is 4.70. The number of sulfone groups is 1. The number of pyridine rings is 1. The highest BCUT2D eigenvalue weighted by Crippen LogP contribution is 2.41. The predicted octanol–water partition coefficient (Wildman–Crippen LogP) is 3.79. The summed E-state index contributed by atoms with van der Waals surface area (Å²) in [5.74, 6) is 1.05. The topological polar surface area (TPSA) is 85.8 Å². The fraction of sp³-hybridized carbons (Fsp3) is 0.583. The zero-order valence-electron chi connectivity index (χ0n) is 19.2. The lowest BCUT2D eigenvalue weighted by Gasteiger charge is -2.35. The Morgan fingerprint density at radius 2 is 1.97 bits per heavy atom. The Hall–Kier alpha value is -2.35. The van der Waals surface area contributed by atoms with Crippen molar-refractivity contribution in [3.63, 3.8) is 0 Å². The van der Waals surface area contributed by atoms with Crippen LogP contribution in [0.5, 0.6) is 5.75 Å². The van der Waals surface area contributed by atoms with E-state index in [2.05, 4.69) is 4.98 Å². The summed E-state index contributed by atoms with van der Waals surface area (Å²) < 4.78 is 35.9. The molecule has 1 aromatic heterocycles. The summed E-state index contributed by atoms with van der Waals surface area (Å²) in [5, 5.41) is 0. The molecule has 1 amide bonds. The number of aromatic nitrogens is 1. The number of amides is 1. The first kappa shape index (κ1) is 22.8. The van der Waals surface area contributed by atoms with E-state index < -0.39 is 20.2 Å². The Balaban J connectivity index is 1.44. The molecule has 7 nitrogen and oxygen atoms in total. The van der Waals surface area contributed by atoms with E-state index in [4.69, 9.17) is 9.47 Å². The van der Waals surface area contributed by atoms with Gasteiger partial charge in [0.05, 0.1) is 11.9 Å². The lowest BCUT2D eigenvalue weighted by Crippen LogP contribution is -2.44. The summed E-state index contributed by atoms with van der Waals surface area (Å²) in [4.78, 5) is 18.6. The van der Waals surface area contributed by atoms with Crippen molar-refractivity contribution in [1.82, 2.24) is 9.88 Å². The molecule has 2 aliphatic heterocycles. The molecule has 1 fully saturated rings. The van der Waals surface area contributed by atoms with E-state index in [1.807, 2.05) is 39.0 Å². The number of hydrogen-bond acceptors (Lipinski definition) is 6. The van der Waals surface area contributed by atoms with Gasteiger partial charge in [-0.15, -0.1) is 0 Å². The summed E-state index contributed by atoms with van der Waals surface area (Å²) in [5.41, 5.74) is 1.05. The van der Waals surface area contributed by atoms with E-state index in [0.717, 1.165) is 30.6 Å². The summed E-state index contributed by atoms with van der Waals surface area (Å²) in [7, 11) is -3.41. The number of carbonyl (C=O) groups excluding carboxylic acids is 1. The van der Waals surface area contributed by atoms with Crippen LogP contribution < -0.4 is 4.74 Å². The molecule has 0 spiro atoms. The number of nitrogens with zero attached hydrogens (tertiary/aromatic N) is 2. The highest BCUT2D eigenvalue weighted by atomic mass is 32.2. The number of carbonyl (C=O) groups is 1. The van der Waals surface area contributed by atoms with E-state index >= 15 is 0 Å². The molecule has 1 aromatic rings. The van der Waals surface area contributed by atoms with Gasteiger partial charge in [0, 0.05) is 31.3 Å². The number of rotatable bonds is 3. The molecule has 3 heterocycles. The zero-order chi connectivity index (χ0) is 23.1. The number of ether oxygens (including phenoxy) is 2. The molecule has 174 valence electrons. The standard InChI is InChI=1S/C24H32N2O5S/c1-23(2,3)31-22(27)26-12-8-17(9-13-26)19-14-18-15-21(25-16-20(18)30-19)24(32(4,28)29)10-6-5-7-11-24/h5-7,10,15-17,19H,8-9,11-14H2,1-4H3/t19-,24?/m1/s1. The lowest BCUT2D eigenvalue weighted by atomic mass is 9.88. The minimum absolute atomic E-state index is 0.0128. The highest BCUT2D eigenvalue weighted by Gasteiger charge is 2.43. The molecule has 2 atom stereocenters. The average molecular weight is 461 g/mol. The van der Waals surface area contributed by atoms with Gasteiger partial charge in [0.2, 0.25) is 0 Å². The molecule has 0 N–H and O–H groups in total. The normalized spacial score (nSPS) is 26.0. The van der Waals surface area contributed by atoms with Crippen LogP contribution >= 0.6 is 0 Å². The van der Waals surface area contributed by atoms with Gasteiger partial charge in [-0.2, -0.15) is 0 Å². The van der Waals surface area contributed by atoms with Crippen molar-refractivity contribution in [2.24, 2.45) is 5.92 Å². The first-order chi connectivity index (χ1) is 15.0. The summed E-state index contributed by atoms with van der Waals surface area (Å²) in [6.45, 7) is 6.91. The number of fused-ring (bicyclic) bond motifs is 1. The van der Waals surface area contributed by atoms with Gasteiger partial charge < -0.3 is 14.4 Å². The molecule has 32 heavy (non-hydrogen) atoms. The second-order valence-electron chi connectivity index (χ2n) is 10.00. The van der Waals surface area contributed by atoms with Crippen LogP contribution in [0.1, 0.15) is 51.3 Å². The molecule has 8 heteroatoms. The second-order valence-corrected chi connectivity index (χ2v) is 12.3. The fourth-order valence-corrected chi connectivity index (χ4v) is 5.92. The van der Waals surface area contributed by atoms with Gasteiger partial charge in [-0.25, -0.2) is 13.2 Å². The Morgan fingerprint density at radius 1 is 1.25 bits per heavy atom. The van der Waals surface area contributed by atoms with Crippen molar-refractivity contribution < 1.29 is 22.7 Å². The molecule has 0 radical (unpaired) electrons. The van der Waals surface area contributed by atoms with E-state index in [1.165, 1.54) is 6.26 Å². The van der Waals surface area contributed by atoms with E-state index in [-0.39, 0.29) is 12.2 Å². The van der Waals surface area contributed by atoms with Crippen LogP contribution in [0.25, 0.3) is 0 Å². The van der Waals surface area contributed by atoms with Gasteiger partial charge in [-0.3, -0.25) is 4.98 Å². The van der Waals surface area contributed by atoms with Crippen LogP contribution in [0.2, 0.25) is 0 Å². The zero-order valence-corrected chi connectivity index (χ0v) is 20.0. The largest absolute Gasteiger partial charge is 0.488 e. The molecular weight excluding hydrogens is 428 g/mol. The maximum Gasteiger partial charge on any atom is 0.410 e. The van der Waals surface area contributed by atoms with Crippen molar-refractivity contribution in [2.45, 2.75) is 62.9 Å². The molecule has 4 rings (SSSR count). The predicted molar refractivity (Wildman–Crippen MR) is 122 cm³/mol. The van der Waals surface area contributed by atoms with Crippen molar-refractivity contribution >= 4 is 15.9 Å². The average Bonchev–Trinajstić information content (AvgIpc) is 3.16. The van der Waals surface area contributed by atoms with E-state index in [9.17, 15) is 13.2 Å². The molecule has 0 aromatic carbocycles. The van der Waals surface area contributed by atoms with Crippen LogP contribution in [0, 0.1) is 5.92 Å². The summed E-state index contributed by atoms with van der Waals surface area (Å²) in [6, 6.07) is 1.90.